The van der Waals surface area contributed by atoms with Gasteiger partial charge in [-0.1, -0.05) is 12.7 Å². The zero-order valence-electron chi connectivity index (χ0n) is 15.6. The predicted octanol–water partition coefficient (Wildman–Crippen LogP) is 0.499. The lowest BCUT2D eigenvalue weighted by Gasteiger charge is -2.31. The van der Waals surface area contributed by atoms with Crippen LogP contribution in [-0.2, 0) is 28.6 Å². The minimum Gasteiger partial charge on any atom is -0.479 e. The smallest absolute Gasteiger partial charge is 0.336 e. The molecule has 150 valence electrons. The minimum atomic E-state index is -1.34. The number of aliphatic hydroxyl groups excluding tert-OH is 2. The zero-order chi connectivity index (χ0) is 20.6. The van der Waals surface area contributed by atoms with E-state index in [2.05, 4.69) is 6.58 Å². The highest BCUT2D eigenvalue weighted by atomic mass is 16.6. The molecule has 0 amide bonds. The van der Waals surface area contributed by atoms with Crippen LogP contribution in [0.1, 0.15) is 20.3 Å². The molecule has 8 nitrogen and oxygen atoms in total. The van der Waals surface area contributed by atoms with Gasteiger partial charge < -0.3 is 24.4 Å². The Morgan fingerprint density at radius 2 is 2.14 bits per heavy atom. The van der Waals surface area contributed by atoms with Gasteiger partial charge in [-0.2, -0.15) is 0 Å². The van der Waals surface area contributed by atoms with Gasteiger partial charge in [0.25, 0.3) is 0 Å². The number of esters is 2. The fraction of sp³-hybridized carbons (Fsp3) is 0.450. The van der Waals surface area contributed by atoms with E-state index in [0.717, 1.165) is 0 Å². The molecule has 0 radical (unpaired) electrons. The lowest BCUT2D eigenvalue weighted by Crippen LogP contribution is -2.43. The van der Waals surface area contributed by atoms with Crippen molar-refractivity contribution in [1.29, 1.82) is 0 Å². The molecule has 0 aromatic rings. The van der Waals surface area contributed by atoms with Crippen LogP contribution in [-0.4, -0.2) is 59.0 Å². The van der Waals surface area contributed by atoms with Gasteiger partial charge in [0.15, 0.2) is 5.60 Å². The second-order valence-corrected chi connectivity index (χ2v) is 7.10. The van der Waals surface area contributed by atoms with Gasteiger partial charge >= 0.3 is 11.9 Å². The molecular weight excluding hydrogens is 368 g/mol. The maximum absolute atomic E-state index is 12.5. The maximum Gasteiger partial charge on any atom is 0.336 e. The van der Waals surface area contributed by atoms with E-state index >= 15 is 0 Å². The summed E-state index contributed by atoms with van der Waals surface area (Å²) in [5, 5.41) is 19.0. The van der Waals surface area contributed by atoms with Crippen LogP contribution < -0.4 is 0 Å². The molecule has 0 unspecified atom stereocenters. The monoisotopic (exact) mass is 390 g/mol. The Morgan fingerprint density at radius 3 is 2.75 bits per heavy atom. The van der Waals surface area contributed by atoms with Gasteiger partial charge in [0, 0.05) is 23.6 Å². The number of rotatable bonds is 4. The largest absolute Gasteiger partial charge is 0.479 e. The Hall–Kier alpha value is -2.71. The number of ether oxygens (including phenoxy) is 3. The topological polar surface area (TPSA) is 119 Å². The predicted molar refractivity (Wildman–Crippen MR) is 95.6 cm³/mol. The fourth-order valence-corrected chi connectivity index (χ4v) is 3.60. The summed E-state index contributed by atoms with van der Waals surface area (Å²) in [7, 11) is 0. The highest BCUT2D eigenvalue weighted by Gasteiger charge is 2.52. The molecule has 0 aromatic heterocycles. The van der Waals surface area contributed by atoms with E-state index in [1.165, 1.54) is 18.2 Å². The fourth-order valence-electron chi connectivity index (χ4n) is 3.60. The molecule has 1 saturated heterocycles. The minimum absolute atomic E-state index is 0.0431. The first kappa shape index (κ1) is 20.0. The van der Waals surface area contributed by atoms with Crippen LogP contribution in [0.15, 0.2) is 47.3 Å². The van der Waals surface area contributed by atoms with Gasteiger partial charge in [-0.15, -0.1) is 0 Å². The van der Waals surface area contributed by atoms with E-state index in [4.69, 9.17) is 14.2 Å². The summed E-state index contributed by atoms with van der Waals surface area (Å²) in [6, 6.07) is 0. The molecule has 3 rings (SSSR count). The van der Waals surface area contributed by atoms with Crippen molar-refractivity contribution in [3.8, 4) is 0 Å². The summed E-state index contributed by atoms with van der Waals surface area (Å²) in [4.78, 5) is 37.1. The van der Waals surface area contributed by atoms with Gasteiger partial charge in [0.2, 0.25) is 5.78 Å². The standard InChI is InChI=1S/C20H22O8/c1-4-11(8-21)19(25)27-15-7-20(3)16(23)6-13(28-20)12(9-22)5-14-17(15)10(2)18(24)26-14/h4-6,14-15,17,21-22H,2,7-9H2,1,3H3/b11-4+,12-5-/t14-,15+,17+,20-/m1/s1. The van der Waals surface area contributed by atoms with Crippen LogP contribution >= 0.6 is 0 Å². The average Bonchev–Trinajstić information content (AvgIpc) is 3.10. The maximum atomic E-state index is 12.5. The number of fused-ring (bicyclic) bond motifs is 3. The van der Waals surface area contributed by atoms with Gasteiger partial charge in [-0.3, -0.25) is 4.79 Å². The molecule has 3 aliphatic rings. The molecule has 3 aliphatic heterocycles. The van der Waals surface area contributed by atoms with Crippen molar-refractivity contribution in [3.05, 3.63) is 47.3 Å². The Bertz CT molecular complexity index is 833. The van der Waals surface area contributed by atoms with E-state index in [0.29, 0.717) is 5.57 Å². The third kappa shape index (κ3) is 3.29. The second-order valence-electron chi connectivity index (χ2n) is 7.10. The number of hydrogen-bond donors (Lipinski definition) is 2. The zero-order valence-corrected chi connectivity index (χ0v) is 15.6. The van der Waals surface area contributed by atoms with Crippen molar-refractivity contribution in [2.45, 2.75) is 38.1 Å². The molecule has 3 heterocycles. The number of hydrogen-bond acceptors (Lipinski definition) is 8. The molecule has 2 bridgehead atoms. The molecule has 0 saturated carbocycles. The third-order valence-electron chi connectivity index (χ3n) is 5.26. The van der Waals surface area contributed by atoms with E-state index in [9.17, 15) is 24.6 Å². The van der Waals surface area contributed by atoms with Crippen LogP contribution in [0.4, 0.5) is 0 Å². The molecule has 8 heteroatoms. The van der Waals surface area contributed by atoms with Crippen LogP contribution in [0.2, 0.25) is 0 Å². The normalized spacial score (nSPS) is 34.2. The van der Waals surface area contributed by atoms with Gasteiger partial charge in [0.05, 0.1) is 24.7 Å². The summed E-state index contributed by atoms with van der Waals surface area (Å²) in [6.07, 6.45) is 2.31. The summed E-state index contributed by atoms with van der Waals surface area (Å²) in [5.41, 5.74) is -0.900. The molecule has 0 aliphatic carbocycles. The number of carbonyl (C=O) groups is 3. The first-order chi connectivity index (χ1) is 13.2. The highest BCUT2D eigenvalue weighted by molar-refractivity contribution is 6.00. The first-order valence-electron chi connectivity index (χ1n) is 8.88. The van der Waals surface area contributed by atoms with Crippen molar-refractivity contribution in [2.24, 2.45) is 5.92 Å². The molecule has 0 aromatic carbocycles. The summed E-state index contributed by atoms with van der Waals surface area (Å²) < 4.78 is 16.7. The van der Waals surface area contributed by atoms with E-state index in [1.54, 1.807) is 13.8 Å². The van der Waals surface area contributed by atoms with Crippen molar-refractivity contribution in [3.63, 3.8) is 0 Å². The van der Waals surface area contributed by atoms with E-state index in [-0.39, 0.29) is 29.1 Å². The average molecular weight is 390 g/mol. The van der Waals surface area contributed by atoms with Crippen LogP contribution in [0.5, 0.6) is 0 Å². The van der Waals surface area contributed by atoms with Crippen LogP contribution in [0.25, 0.3) is 0 Å². The lowest BCUT2D eigenvalue weighted by molar-refractivity contribution is -0.153. The quantitative estimate of drug-likeness (QED) is 0.526. The summed E-state index contributed by atoms with van der Waals surface area (Å²) >= 11 is 0. The SMILES string of the molecule is C=C1C(=O)O[C@@H]2/C=C(/CO)C3=CC(=O)[C@@](C)(C[C@H](OC(=O)/C(=C/C)CO)[C@@H]12)O3. The Balaban J connectivity index is 2.06. The molecule has 2 N–H and O–H groups in total. The molecular formula is C20H22O8. The van der Waals surface area contributed by atoms with Crippen LogP contribution in [0, 0.1) is 5.92 Å². The second kappa shape index (κ2) is 7.37. The molecule has 28 heavy (non-hydrogen) atoms. The first-order valence-corrected chi connectivity index (χ1v) is 8.88. The Kier molecular flexibility index (Phi) is 5.27. The number of aliphatic hydroxyl groups is 2. The molecule has 4 atom stereocenters. The Labute approximate surface area is 161 Å². The van der Waals surface area contributed by atoms with Gasteiger partial charge in [-0.25, -0.2) is 9.59 Å². The lowest BCUT2D eigenvalue weighted by atomic mass is 9.82. The number of carbonyl (C=O) groups excluding carboxylic acids is 3. The van der Waals surface area contributed by atoms with E-state index < -0.39 is 48.9 Å². The van der Waals surface area contributed by atoms with Crippen LogP contribution in [0.3, 0.4) is 0 Å². The van der Waals surface area contributed by atoms with E-state index in [1.807, 2.05) is 0 Å². The summed E-state index contributed by atoms with van der Waals surface area (Å²) in [6.45, 7) is 5.95. The van der Waals surface area contributed by atoms with Gasteiger partial charge in [-0.05, 0) is 19.9 Å². The number of allylic oxidation sites excluding steroid dienone is 1. The molecule has 1 fully saturated rings. The van der Waals surface area contributed by atoms with Crippen molar-refractivity contribution in [2.75, 3.05) is 13.2 Å². The van der Waals surface area contributed by atoms with Crippen molar-refractivity contribution >= 4 is 17.7 Å². The van der Waals surface area contributed by atoms with Crippen molar-refractivity contribution in [1.82, 2.24) is 0 Å². The summed E-state index contributed by atoms with van der Waals surface area (Å²) in [5.74, 6) is -2.32. The Morgan fingerprint density at radius 1 is 1.43 bits per heavy atom. The van der Waals surface area contributed by atoms with Gasteiger partial charge in [0.1, 0.15) is 18.0 Å². The van der Waals surface area contributed by atoms with Crippen molar-refractivity contribution < 1.29 is 38.8 Å². The number of ketones is 1. The third-order valence-corrected chi connectivity index (χ3v) is 5.26. The molecule has 0 spiro atoms. The highest BCUT2D eigenvalue weighted by Crippen LogP contribution is 2.42.